The molecular weight excluding hydrogens is 451 g/mol. The first-order chi connectivity index (χ1) is 16.6. The Bertz CT molecular complexity index is 1210. The summed E-state index contributed by atoms with van der Waals surface area (Å²) in [6.07, 6.45) is 0.812. The zero-order chi connectivity index (χ0) is 23.8. The Morgan fingerprint density at radius 2 is 1.71 bits per heavy atom. The molecule has 1 aromatic heterocycles. The lowest BCUT2D eigenvalue weighted by molar-refractivity contribution is -0.118. The monoisotopic (exact) mass is 476 g/mol. The summed E-state index contributed by atoms with van der Waals surface area (Å²) < 4.78 is 20.4. The van der Waals surface area contributed by atoms with Crippen molar-refractivity contribution in [2.45, 2.75) is 24.7 Å². The van der Waals surface area contributed by atoms with Gasteiger partial charge in [-0.25, -0.2) is 4.39 Å². The van der Waals surface area contributed by atoms with E-state index >= 15 is 0 Å². The minimum absolute atomic E-state index is 0.127. The summed E-state index contributed by atoms with van der Waals surface area (Å²) in [6.45, 7) is 1.02. The third kappa shape index (κ3) is 6.23. The molecule has 0 bridgehead atoms. The molecule has 3 aromatic carbocycles. The number of nitrogens with one attached hydrogen (secondary N) is 1. The number of methoxy groups -OCH3 is 1. The van der Waals surface area contributed by atoms with Crippen LogP contribution in [0.3, 0.4) is 0 Å². The second-order valence-corrected chi connectivity index (χ2v) is 8.56. The van der Waals surface area contributed by atoms with Crippen molar-refractivity contribution in [1.29, 1.82) is 0 Å². The standard InChI is InChI=1S/C26H25FN4O2S/c1-33-23-13-9-21(10-14-23)25-29-30-26(31(25)16-15-19-5-3-2-4-6-19)34-18-24(32)28-17-20-7-11-22(27)12-8-20/h2-14H,15-18H2,1H3,(H,28,32). The highest BCUT2D eigenvalue weighted by Gasteiger charge is 2.16. The Morgan fingerprint density at radius 3 is 2.41 bits per heavy atom. The molecule has 0 saturated carbocycles. The molecule has 0 aliphatic carbocycles. The van der Waals surface area contributed by atoms with Gasteiger partial charge in [-0.05, 0) is 53.9 Å². The van der Waals surface area contributed by atoms with Gasteiger partial charge in [-0.3, -0.25) is 4.79 Å². The maximum absolute atomic E-state index is 13.1. The predicted octanol–water partition coefficient (Wildman–Crippen LogP) is 4.74. The Hall–Kier alpha value is -3.65. The molecule has 0 spiro atoms. The fourth-order valence-electron chi connectivity index (χ4n) is 3.42. The first-order valence-corrected chi connectivity index (χ1v) is 11.9. The fourth-order valence-corrected chi connectivity index (χ4v) is 4.21. The van der Waals surface area contributed by atoms with Crippen LogP contribution in [0.2, 0.25) is 0 Å². The smallest absolute Gasteiger partial charge is 0.230 e. The molecule has 0 fully saturated rings. The molecule has 174 valence electrons. The molecule has 0 aliphatic rings. The topological polar surface area (TPSA) is 69.0 Å². The number of nitrogens with zero attached hydrogens (tertiary/aromatic N) is 3. The van der Waals surface area contributed by atoms with Crippen LogP contribution in [0.1, 0.15) is 11.1 Å². The number of thioether (sulfide) groups is 1. The van der Waals surface area contributed by atoms with Crippen molar-refractivity contribution < 1.29 is 13.9 Å². The van der Waals surface area contributed by atoms with Gasteiger partial charge in [0.2, 0.25) is 5.91 Å². The number of hydrogen-bond acceptors (Lipinski definition) is 5. The van der Waals surface area contributed by atoms with Crippen molar-refractivity contribution in [3.8, 4) is 17.1 Å². The lowest BCUT2D eigenvalue weighted by atomic mass is 10.1. The average molecular weight is 477 g/mol. The summed E-state index contributed by atoms with van der Waals surface area (Å²) in [4.78, 5) is 12.4. The van der Waals surface area contributed by atoms with Gasteiger partial charge in [0.1, 0.15) is 11.6 Å². The highest BCUT2D eigenvalue weighted by atomic mass is 32.2. The van der Waals surface area contributed by atoms with Crippen LogP contribution >= 0.6 is 11.8 Å². The van der Waals surface area contributed by atoms with E-state index in [0.717, 1.165) is 29.1 Å². The molecule has 34 heavy (non-hydrogen) atoms. The van der Waals surface area contributed by atoms with E-state index in [1.165, 1.54) is 29.5 Å². The van der Waals surface area contributed by atoms with Gasteiger partial charge < -0.3 is 14.6 Å². The summed E-state index contributed by atoms with van der Waals surface area (Å²) in [7, 11) is 1.63. The van der Waals surface area contributed by atoms with E-state index in [2.05, 4.69) is 27.6 Å². The van der Waals surface area contributed by atoms with Crippen LogP contribution in [-0.2, 0) is 24.3 Å². The van der Waals surface area contributed by atoms with Gasteiger partial charge in [0.05, 0.1) is 12.9 Å². The van der Waals surface area contributed by atoms with Gasteiger partial charge in [0, 0.05) is 18.7 Å². The number of ether oxygens (including phenoxy) is 1. The normalized spacial score (nSPS) is 10.8. The first-order valence-electron chi connectivity index (χ1n) is 10.9. The average Bonchev–Trinajstić information content (AvgIpc) is 3.29. The van der Waals surface area contributed by atoms with Gasteiger partial charge in [-0.15, -0.1) is 10.2 Å². The third-order valence-corrected chi connectivity index (χ3v) is 6.23. The molecule has 0 aliphatic heterocycles. The van der Waals surface area contributed by atoms with Gasteiger partial charge in [0.25, 0.3) is 0 Å². The predicted molar refractivity (Wildman–Crippen MR) is 131 cm³/mol. The van der Waals surface area contributed by atoms with E-state index in [9.17, 15) is 9.18 Å². The van der Waals surface area contributed by atoms with Crippen LogP contribution in [0.15, 0.2) is 84.0 Å². The highest BCUT2D eigenvalue weighted by molar-refractivity contribution is 7.99. The van der Waals surface area contributed by atoms with Crippen molar-refractivity contribution in [2.24, 2.45) is 0 Å². The maximum Gasteiger partial charge on any atom is 0.230 e. The van der Waals surface area contributed by atoms with Crippen molar-refractivity contribution in [2.75, 3.05) is 12.9 Å². The van der Waals surface area contributed by atoms with E-state index in [1.54, 1.807) is 19.2 Å². The Morgan fingerprint density at radius 1 is 0.971 bits per heavy atom. The number of carbonyl (C=O) groups excluding carboxylic acids is 1. The minimum atomic E-state index is -0.298. The Labute approximate surface area is 202 Å². The third-order valence-electron chi connectivity index (χ3n) is 5.27. The summed E-state index contributed by atoms with van der Waals surface area (Å²) in [5.41, 5.74) is 2.98. The number of halogens is 1. The fraction of sp³-hybridized carbons (Fsp3) is 0.192. The van der Waals surface area contributed by atoms with Crippen molar-refractivity contribution in [3.63, 3.8) is 0 Å². The van der Waals surface area contributed by atoms with Gasteiger partial charge in [0.15, 0.2) is 11.0 Å². The number of hydrogen-bond donors (Lipinski definition) is 1. The van der Waals surface area contributed by atoms with Crippen LogP contribution < -0.4 is 10.1 Å². The molecule has 1 N–H and O–H groups in total. The van der Waals surface area contributed by atoms with E-state index in [-0.39, 0.29) is 17.5 Å². The van der Waals surface area contributed by atoms with Crippen molar-refractivity contribution in [3.05, 3.63) is 95.8 Å². The Kier molecular flexibility index (Phi) is 7.93. The molecule has 1 amide bonds. The van der Waals surface area contributed by atoms with Crippen LogP contribution in [0.25, 0.3) is 11.4 Å². The van der Waals surface area contributed by atoms with Gasteiger partial charge in [-0.2, -0.15) is 0 Å². The molecule has 4 aromatic rings. The maximum atomic E-state index is 13.1. The molecule has 8 heteroatoms. The molecule has 0 saturated heterocycles. The number of amides is 1. The highest BCUT2D eigenvalue weighted by Crippen LogP contribution is 2.26. The number of aryl methyl sites for hydroxylation is 1. The van der Waals surface area contributed by atoms with Crippen molar-refractivity contribution in [1.82, 2.24) is 20.1 Å². The number of carbonyl (C=O) groups is 1. The van der Waals surface area contributed by atoms with Gasteiger partial charge >= 0.3 is 0 Å². The second kappa shape index (κ2) is 11.5. The van der Waals surface area contributed by atoms with Crippen LogP contribution in [-0.4, -0.2) is 33.5 Å². The SMILES string of the molecule is COc1ccc(-c2nnc(SCC(=O)NCc3ccc(F)cc3)n2CCc2ccccc2)cc1. The lowest BCUT2D eigenvalue weighted by Crippen LogP contribution is -2.24. The summed E-state index contributed by atoms with van der Waals surface area (Å²) >= 11 is 1.34. The molecule has 4 rings (SSSR count). The quantitative estimate of drug-likeness (QED) is 0.335. The van der Waals surface area contributed by atoms with E-state index in [0.29, 0.717) is 18.2 Å². The zero-order valence-corrected chi connectivity index (χ0v) is 19.6. The summed E-state index contributed by atoms with van der Waals surface area (Å²) in [5, 5.41) is 12.3. The van der Waals surface area contributed by atoms with Gasteiger partial charge in [-0.1, -0.05) is 54.2 Å². The number of benzene rings is 3. The molecule has 1 heterocycles. The molecular formula is C26H25FN4O2S. The Balaban J connectivity index is 1.45. The molecule has 6 nitrogen and oxygen atoms in total. The molecule has 0 radical (unpaired) electrons. The zero-order valence-electron chi connectivity index (χ0n) is 18.8. The van der Waals surface area contributed by atoms with E-state index < -0.39 is 0 Å². The summed E-state index contributed by atoms with van der Waals surface area (Å²) in [6, 6.07) is 24.0. The van der Waals surface area contributed by atoms with Crippen LogP contribution in [0, 0.1) is 5.82 Å². The molecule has 0 atom stereocenters. The lowest BCUT2D eigenvalue weighted by Gasteiger charge is -2.11. The van der Waals surface area contributed by atoms with Crippen LogP contribution in [0.4, 0.5) is 4.39 Å². The van der Waals surface area contributed by atoms with E-state index in [4.69, 9.17) is 4.74 Å². The molecule has 0 unspecified atom stereocenters. The second-order valence-electron chi connectivity index (χ2n) is 7.61. The largest absolute Gasteiger partial charge is 0.497 e. The minimum Gasteiger partial charge on any atom is -0.497 e. The van der Waals surface area contributed by atoms with Crippen LogP contribution in [0.5, 0.6) is 5.75 Å². The first kappa shape index (κ1) is 23.5. The van der Waals surface area contributed by atoms with Crippen molar-refractivity contribution >= 4 is 17.7 Å². The van der Waals surface area contributed by atoms with E-state index in [1.807, 2.05) is 47.0 Å². The number of rotatable bonds is 10. The number of aromatic nitrogens is 3. The summed E-state index contributed by atoms with van der Waals surface area (Å²) in [5.74, 6) is 1.29.